The zero-order chi connectivity index (χ0) is 18.6. The standard InChI is InChI=1S/C19H20ClN5OS/c20-17-4-2-1-3-16(17)18-22-25(19(27)26-18)14-24-11-9-23(10-12-24)13-15-5-7-21-8-6-15/h1-8H,9-14H2. The van der Waals surface area contributed by atoms with Crippen LogP contribution < -0.4 is 0 Å². The van der Waals surface area contributed by atoms with E-state index in [-0.39, 0.29) is 0 Å². The van der Waals surface area contributed by atoms with Crippen molar-refractivity contribution in [2.75, 3.05) is 26.2 Å². The second-order valence-electron chi connectivity index (χ2n) is 6.54. The molecule has 1 aromatic carbocycles. The highest BCUT2D eigenvalue weighted by Crippen LogP contribution is 2.26. The topological polar surface area (TPSA) is 50.3 Å². The highest BCUT2D eigenvalue weighted by atomic mass is 35.5. The van der Waals surface area contributed by atoms with Crippen molar-refractivity contribution in [3.8, 4) is 11.5 Å². The van der Waals surface area contributed by atoms with Gasteiger partial charge < -0.3 is 4.42 Å². The molecule has 0 N–H and O–H groups in total. The largest absolute Gasteiger partial charge is 0.409 e. The average Bonchev–Trinajstić information content (AvgIpc) is 3.05. The molecule has 0 unspecified atom stereocenters. The monoisotopic (exact) mass is 401 g/mol. The highest BCUT2D eigenvalue weighted by molar-refractivity contribution is 7.71. The number of hydrogen-bond donors (Lipinski definition) is 0. The molecule has 0 spiro atoms. The quantitative estimate of drug-likeness (QED) is 0.607. The molecule has 3 aromatic rings. The van der Waals surface area contributed by atoms with E-state index in [4.69, 9.17) is 28.2 Å². The van der Waals surface area contributed by atoms with Gasteiger partial charge in [-0.15, -0.1) is 5.10 Å². The highest BCUT2D eigenvalue weighted by Gasteiger charge is 2.19. The molecule has 1 aliphatic heterocycles. The third-order valence-corrected chi connectivity index (χ3v) is 5.29. The number of halogens is 1. The SMILES string of the molecule is S=c1oc(-c2ccccc2Cl)nn1CN1CCN(Cc2ccncc2)CC1. The predicted molar refractivity (Wildman–Crippen MR) is 107 cm³/mol. The Morgan fingerprint density at radius 2 is 1.70 bits per heavy atom. The fourth-order valence-corrected chi connectivity index (χ4v) is 3.56. The van der Waals surface area contributed by atoms with Crippen LogP contribution >= 0.6 is 23.8 Å². The number of rotatable bonds is 5. The first-order valence-corrected chi connectivity index (χ1v) is 9.64. The van der Waals surface area contributed by atoms with Gasteiger partial charge in [0.05, 0.1) is 17.3 Å². The summed E-state index contributed by atoms with van der Waals surface area (Å²) in [5.41, 5.74) is 2.05. The van der Waals surface area contributed by atoms with Crippen molar-refractivity contribution >= 4 is 23.8 Å². The van der Waals surface area contributed by atoms with Crippen molar-refractivity contribution in [3.05, 3.63) is 64.2 Å². The van der Waals surface area contributed by atoms with Gasteiger partial charge >= 0.3 is 0 Å². The molecule has 6 nitrogen and oxygen atoms in total. The summed E-state index contributed by atoms with van der Waals surface area (Å²) in [6.45, 7) is 5.50. The minimum absolute atomic E-state index is 0.365. The fraction of sp³-hybridized carbons (Fsp3) is 0.316. The molecule has 27 heavy (non-hydrogen) atoms. The molecule has 3 heterocycles. The molecule has 1 saturated heterocycles. The van der Waals surface area contributed by atoms with Crippen LogP contribution in [0.3, 0.4) is 0 Å². The Morgan fingerprint density at radius 1 is 1.00 bits per heavy atom. The lowest BCUT2D eigenvalue weighted by Crippen LogP contribution is -2.46. The fourth-order valence-electron chi connectivity index (χ4n) is 3.16. The smallest absolute Gasteiger partial charge is 0.288 e. The number of piperazine rings is 1. The van der Waals surface area contributed by atoms with Crippen molar-refractivity contribution < 1.29 is 4.42 Å². The van der Waals surface area contributed by atoms with Crippen molar-refractivity contribution in [1.29, 1.82) is 0 Å². The first-order valence-electron chi connectivity index (χ1n) is 8.85. The van der Waals surface area contributed by atoms with Gasteiger partial charge in [-0.3, -0.25) is 14.8 Å². The van der Waals surface area contributed by atoms with Crippen LogP contribution in [0.25, 0.3) is 11.5 Å². The Kier molecular flexibility index (Phi) is 5.63. The maximum absolute atomic E-state index is 6.23. The van der Waals surface area contributed by atoms with Gasteiger partial charge in [0, 0.05) is 45.1 Å². The first-order chi connectivity index (χ1) is 13.2. The third-order valence-electron chi connectivity index (χ3n) is 4.66. The lowest BCUT2D eigenvalue weighted by Gasteiger charge is -2.34. The van der Waals surface area contributed by atoms with Crippen molar-refractivity contribution in [1.82, 2.24) is 24.6 Å². The van der Waals surface area contributed by atoms with E-state index < -0.39 is 0 Å². The summed E-state index contributed by atoms with van der Waals surface area (Å²) >= 11 is 11.6. The lowest BCUT2D eigenvalue weighted by molar-refractivity contribution is 0.0974. The summed E-state index contributed by atoms with van der Waals surface area (Å²) < 4.78 is 7.39. The van der Waals surface area contributed by atoms with E-state index >= 15 is 0 Å². The zero-order valence-corrected chi connectivity index (χ0v) is 16.4. The molecule has 2 aromatic heterocycles. The maximum Gasteiger partial charge on any atom is 0.288 e. The van der Waals surface area contributed by atoms with Crippen LogP contribution in [-0.2, 0) is 13.2 Å². The zero-order valence-electron chi connectivity index (χ0n) is 14.8. The second kappa shape index (κ2) is 8.31. The molecule has 0 amide bonds. The Morgan fingerprint density at radius 3 is 2.44 bits per heavy atom. The molecule has 0 aliphatic carbocycles. The Hall–Kier alpha value is -2.06. The molecule has 0 atom stereocenters. The van der Waals surface area contributed by atoms with E-state index in [0.717, 1.165) is 38.3 Å². The van der Waals surface area contributed by atoms with E-state index in [9.17, 15) is 0 Å². The van der Waals surface area contributed by atoms with E-state index in [1.54, 1.807) is 4.68 Å². The summed E-state index contributed by atoms with van der Waals surface area (Å²) in [5, 5.41) is 5.12. The minimum atomic E-state index is 0.365. The summed E-state index contributed by atoms with van der Waals surface area (Å²) in [7, 11) is 0. The third kappa shape index (κ3) is 4.44. The molecule has 4 rings (SSSR count). The van der Waals surface area contributed by atoms with E-state index in [1.807, 2.05) is 36.7 Å². The van der Waals surface area contributed by atoms with Gasteiger partial charge in [-0.1, -0.05) is 23.7 Å². The molecular formula is C19H20ClN5OS. The van der Waals surface area contributed by atoms with Gasteiger partial charge in [-0.25, -0.2) is 4.68 Å². The molecule has 0 saturated carbocycles. The summed E-state index contributed by atoms with van der Waals surface area (Å²) in [6, 6.07) is 11.6. The molecular weight excluding hydrogens is 382 g/mol. The number of benzene rings is 1. The van der Waals surface area contributed by atoms with Crippen LogP contribution in [0.5, 0.6) is 0 Å². The number of hydrogen-bond acceptors (Lipinski definition) is 6. The Labute approximate surface area is 168 Å². The van der Waals surface area contributed by atoms with Crippen molar-refractivity contribution in [2.45, 2.75) is 13.2 Å². The number of pyridine rings is 1. The molecule has 140 valence electrons. The van der Waals surface area contributed by atoms with Gasteiger partial charge in [-0.05, 0) is 42.0 Å². The van der Waals surface area contributed by atoms with Gasteiger partial charge in [0.1, 0.15) is 0 Å². The molecule has 0 bridgehead atoms. The summed E-state index contributed by atoms with van der Waals surface area (Å²) in [5.74, 6) is 0.460. The summed E-state index contributed by atoms with van der Waals surface area (Å²) in [4.78, 5) is 9.21. The maximum atomic E-state index is 6.23. The first kappa shape index (κ1) is 18.3. The van der Waals surface area contributed by atoms with Crippen molar-refractivity contribution in [3.63, 3.8) is 0 Å². The normalized spacial score (nSPS) is 15.9. The van der Waals surface area contributed by atoms with Crippen molar-refractivity contribution in [2.24, 2.45) is 0 Å². The second-order valence-corrected chi connectivity index (χ2v) is 7.30. The Balaban J connectivity index is 1.37. The number of aromatic nitrogens is 3. The van der Waals surface area contributed by atoms with Crippen LogP contribution in [0.2, 0.25) is 5.02 Å². The van der Waals surface area contributed by atoms with Gasteiger partial charge in [-0.2, -0.15) is 0 Å². The molecule has 1 aliphatic rings. The predicted octanol–water partition coefficient (Wildman–Crippen LogP) is 3.70. The molecule has 0 radical (unpaired) electrons. The van der Waals surface area contributed by atoms with Crippen LogP contribution in [-0.4, -0.2) is 50.7 Å². The van der Waals surface area contributed by atoms with E-state index in [1.165, 1.54) is 5.56 Å². The minimum Gasteiger partial charge on any atom is -0.409 e. The molecule has 1 fully saturated rings. The van der Waals surface area contributed by atoms with E-state index in [0.29, 0.717) is 22.4 Å². The summed E-state index contributed by atoms with van der Waals surface area (Å²) in [6.07, 6.45) is 3.68. The van der Waals surface area contributed by atoms with Crippen LogP contribution in [0.15, 0.2) is 53.2 Å². The van der Waals surface area contributed by atoms with E-state index in [2.05, 4.69) is 32.0 Å². The average molecular weight is 402 g/mol. The van der Waals surface area contributed by atoms with Crippen LogP contribution in [0.1, 0.15) is 5.56 Å². The lowest BCUT2D eigenvalue weighted by atomic mass is 10.2. The van der Waals surface area contributed by atoms with Crippen LogP contribution in [0.4, 0.5) is 0 Å². The van der Waals surface area contributed by atoms with Crippen LogP contribution in [0, 0.1) is 4.84 Å². The van der Waals surface area contributed by atoms with Gasteiger partial charge in [0.25, 0.3) is 4.84 Å². The van der Waals surface area contributed by atoms with Gasteiger partial charge in [0.2, 0.25) is 5.89 Å². The molecule has 8 heteroatoms. The Bertz CT molecular complexity index is 950. The van der Waals surface area contributed by atoms with Gasteiger partial charge in [0.15, 0.2) is 0 Å². The number of nitrogens with zero attached hydrogens (tertiary/aromatic N) is 5.